The van der Waals surface area contributed by atoms with E-state index in [0.29, 0.717) is 43.6 Å². The van der Waals surface area contributed by atoms with Gasteiger partial charge >= 0.3 is 0 Å². The lowest BCUT2D eigenvalue weighted by atomic mass is 9.72. The molecule has 27 heavy (non-hydrogen) atoms. The summed E-state index contributed by atoms with van der Waals surface area (Å²) in [6, 6.07) is 5.88. The Hall–Kier alpha value is -1.84. The lowest BCUT2D eigenvalue weighted by Gasteiger charge is -2.36. The van der Waals surface area contributed by atoms with Crippen LogP contribution in [0.5, 0.6) is 0 Å². The van der Waals surface area contributed by atoms with Crippen molar-refractivity contribution in [1.29, 1.82) is 0 Å². The van der Waals surface area contributed by atoms with Crippen LogP contribution in [-0.2, 0) is 14.8 Å². The van der Waals surface area contributed by atoms with Crippen molar-refractivity contribution in [3.8, 4) is 11.4 Å². The van der Waals surface area contributed by atoms with Gasteiger partial charge in [0.2, 0.25) is 21.7 Å². The van der Waals surface area contributed by atoms with Crippen molar-refractivity contribution in [3.05, 3.63) is 36.0 Å². The van der Waals surface area contributed by atoms with Gasteiger partial charge in [-0.25, -0.2) is 17.1 Å². The zero-order valence-corrected chi connectivity index (χ0v) is 15.9. The number of ether oxygens (including phenoxy) is 1. The number of hydrogen-bond acceptors (Lipinski definition) is 6. The number of sulfonamides is 1. The minimum absolute atomic E-state index is 0.0664. The summed E-state index contributed by atoms with van der Waals surface area (Å²) < 4.78 is 50.6. The van der Waals surface area contributed by atoms with Crippen LogP contribution in [0.2, 0.25) is 0 Å². The molecule has 2 aliphatic rings. The van der Waals surface area contributed by atoms with Gasteiger partial charge in [-0.15, -0.1) is 0 Å². The van der Waals surface area contributed by atoms with Gasteiger partial charge in [0.15, 0.2) is 0 Å². The SMILES string of the molecule is CCS(=O)(=O)N1C[C@@H](c2nc(-c3ccc(F)cc3)no2)C2(CCOCC2)C1. The fourth-order valence-electron chi connectivity index (χ4n) is 4.04. The molecule has 2 saturated heterocycles. The van der Waals surface area contributed by atoms with Crippen LogP contribution in [-0.4, -0.2) is 54.9 Å². The highest BCUT2D eigenvalue weighted by molar-refractivity contribution is 7.89. The highest BCUT2D eigenvalue weighted by Crippen LogP contribution is 2.50. The molecule has 2 aromatic rings. The van der Waals surface area contributed by atoms with Crippen LogP contribution in [0.3, 0.4) is 0 Å². The minimum atomic E-state index is -3.30. The fourth-order valence-corrected chi connectivity index (χ4v) is 5.23. The molecule has 4 rings (SSSR count). The zero-order chi connectivity index (χ0) is 19.1. The van der Waals surface area contributed by atoms with Crippen LogP contribution in [0, 0.1) is 11.2 Å². The summed E-state index contributed by atoms with van der Waals surface area (Å²) in [5.74, 6) is 0.370. The van der Waals surface area contributed by atoms with Gasteiger partial charge in [0, 0.05) is 37.3 Å². The lowest BCUT2D eigenvalue weighted by molar-refractivity contribution is 0.0104. The Morgan fingerprint density at radius 1 is 1.26 bits per heavy atom. The van der Waals surface area contributed by atoms with Crippen molar-refractivity contribution in [2.45, 2.75) is 25.7 Å². The minimum Gasteiger partial charge on any atom is -0.381 e. The average molecular weight is 395 g/mol. The Morgan fingerprint density at radius 3 is 2.63 bits per heavy atom. The number of rotatable bonds is 4. The Bertz CT molecular complexity index is 907. The summed E-state index contributed by atoms with van der Waals surface area (Å²) in [6.07, 6.45) is 1.50. The smallest absolute Gasteiger partial charge is 0.232 e. The van der Waals surface area contributed by atoms with Crippen molar-refractivity contribution in [2.75, 3.05) is 32.1 Å². The monoisotopic (exact) mass is 395 g/mol. The molecular weight excluding hydrogens is 373 g/mol. The van der Waals surface area contributed by atoms with E-state index >= 15 is 0 Å². The third kappa shape index (κ3) is 3.39. The van der Waals surface area contributed by atoms with E-state index in [1.165, 1.54) is 12.1 Å². The van der Waals surface area contributed by atoms with Gasteiger partial charge in [0.05, 0.1) is 11.7 Å². The maximum Gasteiger partial charge on any atom is 0.232 e. The van der Waals surface area contributed by atoms with Gasteiger partial charge in [-0.05, 0) is 44.0 Å². The Kier molecular flexibility index (Phi) is 4.77. The number of hydrogen-bond donors (Lipinski definition) is 0. The van der Waals surface area contributed by atoms with Gasteiger partial charge in [-0.2, -0.15) is 4.98 Å². The summed E-state index contributed by atoms with van der Waals surface area (Å²) in [6.45, 7) is 3.62. The van der Waals surface area contributed by atoms with Gasteiger partial charge in [-0.1, -0.05) is 5.16 Å². The van der Waals surface area contributed by atoms with Crippen LogP contribution >= 0.6 is 0 Å². The molecule has 146 valence electrons. The van der Waals surface area contributed by atoms with E-state index in [4.69, 9.17) is 9.26 Å². The van der Waals surface area contributed by atoms with E-state index in [1.807, 2.05) is 0 Å². The molecule has 3 heterocycles. The molecular formula is C18H22FN3O4S. The molecule has 0 radical (unpaired) electrons. The number of nitrogens with zero attached hydrogens (tertiary/aromatic N) is 3. The molecule has 2 fully saturated rings. The van der Waals surface area contributed by atoms with Crippen LogP contribution < -0.4 is 0 Å². The standard InChI is InChI=1S/C18H22FN3O4S/c1-2-27(23,24)22-11-15(18(12-22)7-9-25-10-8-18)17-20-16(21-26-17)13-3-5-14(19)6-4-13/h3-6,15H,2,7-12H2,1H3/t15-/m0/s1. The third-order valence-electron chi connectivity index (χ3n) is 5.71. The molecule has 0 unspecified atom stereocenters. The molecule has 0 bridgehead atoms. The number of benzene rings is 1. The second kappa shape index (κ2) is 6.96. The molecule has 0 N–H and O–H groups in total. The first-order valence-corrected chi connectivity index (χ1v) is 10.7. The molecule has 1 atom stereocenters. The van der Waals surface area contributed by atoms with Crippen LogP contribution in [0.4, 0.5) is 4.39 Å². The molecule has 2 aliphatic heterocycles. The second-order valence-corrected chi connectivity index (χ2v) is 9.44. The van der Waals surface area contributed by atoms with E-state index in [9.17, 15) is 12.8 Å². The lowest BCUT2D eigenvalue weighted by Crippen LogP contribution is -2.37. The fraction of sp³-hybridized carbons (Fsp3) is 0.556. The predicted octanol–water partition coefficient (Wildman–Crippen LogP) is 2.42. The Labute approximate surface area is 157 Å². The molecule has 0 amide bonds. The largest absolute Gasteiger partial charge is 0.381 e. The third-order valence-corrected chi connectivity index (χ3v) is 7.50. The van der Waals surface area contributed by atoms with Gasteiger partial charge in [-0.3, -0.25) is 0 Å². The second-order valence-electron chi connectivity index (χ2n) is 7.18. The molecule has 0 aliphatic carbocycles. The normalized spacial score (nSPS) is 23.1. The predicted molar refractivity (Wildman–Crippen MR) is 96.0 cm³/mol. The summed E-state index contributed by atoms with van der Waals surface area (Å²) in [5.41, 5.74) is 0.399. The maximum absolute atomic E-state index is 13.1. The van der Waals surface area contributed by atoms with E-state index in [2.05, 4.69) is 10.1 Å². The van der Waals surface area contributed by atoms with E-state index < -0.39 is 10.0 Å². The van der Waals surface area contributed by atoms with Gasteiger partial charge < -0.3 is 9.26 Å². The number of halogens is 1. The first-order valence-electron chi connectivity index (χ1n) is 9.09. The summed E-state index contributed by atoms with van der Waals surface area (Å²) in [7, 11) is -3.30. The van der Waals surface area contributed by atoms with Crippen molar-refractivity contribution in [2.24, 2.45) is 5.41 Å². The zero-order valence-electron chi connectivity index (χ0n) is 15.1. The summed E-state index contributed by atoms with van der Waals surface area (Å²) in [5, 5.41) is 4.04. The molecule has 9 heteroatoms. The van der Waals surface area contributed by atoms with Gasteiger partial charge in [0.1, 0.15) is 5.82 Å². The van der Waals surface area contributed by atoms with Crippen molar-refractivity contribution in [1.82, 2.24) is 14.4 Å². The molecule has 7 nitrogen and oxygen atoms in total. The summed E-state index contributed by atoms with van der Waals surface area (Å²) in [4.78, 5) is 4.52. The van der Waals surface area contributed by atoms with E-state index in [1.54, 1.807) is 23.4 Å². The topological polar surface area (TPSA) is 85.5 Å². The van der Waals surface area contributed by atoms with Crippen molar-refractivity contribution < 1.29 is 22.1 Å². The first kappa shape index (κ1) is 18.5. The van der Waals surface area contributed by atoms with Crippen LogP contribution in [0.1, 0.15) is 31.6 Å². The highest BCUT2D eigenvalue weighted by atomic mass is 32.2. The number of aromatic nitrogens is 2. The Morgan fingerprint density at radius 2 is 1.96 bits per heavy atom. The Balaban J connectivity index is 1.67. The van der Waals surface area contributed by atoms with E-state index in [-0.39, 0.29) is 22.9 Å². The first-order chi connectivity index (χ1) is 12.9. The molecule has 1 aromatic carbocycles. The average Bonchev–Trinajstić information content (AvgIpc) is 3.29. The van der Waals surface area contributed by atoms with E-state index in [0.717, 1.165) is 12.8 Å². The maximum atomic E-state index is 13.1. The van der Waals surface area contributed by atoms with Gasteiger partial charge in [0.25, 0.3) is 0 Å². The quantitative estimate of drug-likeness (QED) is 0.790. The summed E-state index contributed by atoms with van der Waals surface area (Å²) >= 11 is 0. The molecule has 1 aromatic heterocycles. The highest BCUT2D eigenvalue weighted by Gasteiger charge is 2.52. The van der Waals surface area contributed by atoms with Crippen molar-refractivity contribution >= 4 is 10.0 Å². The van der Waals surface area contributed by atoms with Crippen LogP contribution in [0.15, 0.2) is 28.8 Å². The van der Waals surface area contributed by atoms with Crippen LogP contribution in [0.25, 0.3) is 11.4 Å². The van der Waals surface area contributed by atoms with Crippen molar-refractivity contribution in [3.63, 3.8) is 0 Å². The molecule has 0 saturated carbocycles. The molecule has 1 spiro atoms.